The van der Waals surface area contributed by atoms with Gasteiger partial charge in [0.15, 0.2) is 0 Å². The fourth-order valence-electron chi connectivity index (χ4n) is 2.44. The Hall–Kier alpha value is -1.78. The van der Waals surface area contributed by atoms with Gasteiger partial charge in [0.25, 0.3) is 5.56 Å². The lowest BCUT2D eigenvalue weighted by atomic mass is 10.1. The minimum absolute atomic E-state index is 0.0569. The molecule has 2 rings (SSSR count). The summed E-state index contributed by atoms with van der Waals surface area (Å²) in [5.41, 5.74) is 0.824. The van der Waals surface area contributed by atoms with Gasteiger partial charge in [-0.3, -0.25) is 9.59 Å². The van der Waals surface area contributed by atoms with E-state index in [2.05, 4.69) is 0 Å². The molecule has 0 saturated carbocycles. The first-order valence-corrected chi connectivity index (χ1v) is 7.13. The minimum atomic E-state index is -0.0569. The Labute approximate surface area is 119 Å². The van der Waals surface area contributed by atoms with Crippen molar-refractivity contribution in [3.8, 4) is 5.75 Å². The molecule has 5 nitrogen and oxygen atoms in total. The molecule has 20 heavy (non-hydrogen) atoms. The Balaban J connectivity index is 1.96. The fourth-order valence-corrected chi connectivity index (χ4v) is 2.44. The quantitative estimate of drug-likeness (QED) is 0.841. The van der Waals surface area contributed by atoms with Gasteiger partial charge in [-0.25, -0.2) is 0 Å². The highest BCUT2D eigenvalue weighted by atomic mass is 16.5. The number of carbonyl (C=O) groups excluding carboxylic acids is 1. The molecule has 0 radical (unpaired) electrons. The lowest BCUT2D eigenvalue weighted by Crippen LogP contribution is -2.41. The zero-order valence-corrected chi connectivity index (χ0v) is 12.4. The molecule has 1 fully saturated rings. The van der Waals surface area contributed by atoms with Gasteiger partial charge < -0.3 is 14.2 Å². The molecule has 1 aromatic rings. The van der Waals surface area contributed by atoms with Crippen molar-refractivity contribution in [2.24, 2.45) is 7.05 Å². The summed E-state index contributed by atoms with van der Waals surface area (Å²) in [6, 6.07) is 3.40. The van der Waals surface area contributed by atoms with E-state index < -0.39 is 0 Å². The van der Waals surface area contributed by atoms with Crippen LogP contribution in [0.3, 0.4) is 0 Å². The monoisotopic (exact) mass is 278 g/mol. The maximum absolute atomic E-state index is 11.7. The van der Waals surface area contributed by atoms with Crippen LogP contribution in [0.5, 0.6) is 5.75 Å². The molecule has 0 bridgehead atoms. The van der Waals surface area contributed by atoms with Gasteiger partial charge in [0.1, 0.15) is 11.9 Å². The van der Waals surface area contributed by atoms with Gasteiger partial charge in [0.05, 0.1) is 0 Å². The number of piperidine rings is 1. The second-order valence-corrected chi connectivity index (χ2v) is 5.28. The number of rotatable bonds is 3. The third kappa shape index (κ3) is 3.21. The number of nitrogens with zero attached hydrogens (tertiary/aromatic N) is 2. The smallest absolute Gasteiger partial charge is 0.254 e. The number of hydrogen-bond acceptors (Lipinski definition) is 3. The number of ether oxygens (including phenoxy) is 1. The van der Waals surface area contributed by atoms with E-state index in [9.17, 15) is 9.59 Å². The van der Waals surface area contributed by atoms with Crippen LogP contribution >= 0.6 is 0 Å². The van der Waals surface area contributed by atoms with Crippen molar-refractivity contribution < 1.29 is 9.53 Å². The van der Waals surface area contributed by atoms with E-state index >= 15 is 0 Å². The van der Waals surface area contributed by atoms with Crippen LogP contribution in [0.1, 0.15) is 31.9 Å². The molecule has 110 valence electrons. The van der Waals surface area contributed by atoms with Crippen LogP contribution in [0.25, 0.3) is 0 Å². The molecule has 1 aromatic heterocycles. The minimum Gasteiger partial charge on any atom is -0.490 e. The first-order valence-electron chi connectivity index (χ1n) is 7.13. The standard InChI is InChI=1S/C15H22N2O3/c1-4-14(18)17-7-5-12(6-8-17)20-13-9-11(2)16(3)15(19)10-13/h9-10,12H,4-8H2,1-3H3. The van der Waals surface area contributed by atoms with Crippen LogP contribution < -0.4 is 10.3 Å². The van der Waals surface area contributed by atoms with E-state index in [1.807, 2.05) is 24.8 Å². The number of likely N-dealkylation sites (tertiary alicyclic amines) is 1. The number of pyridine rings is 1. The van der Waals surface area contributed by atoms with Crippen molar-refractivity contribution in [2.45, 2.75) is 39.2 Å². The molecule has 1 aliphatic heterocycles. The fraction of sp³-hybridized carbons (Fsp3) is 0.600. The van der Waals surface area contributed by atoms with Gasteiger partial charge in [0, 0.05) is 51.2 Å². The first-order chi connectivity index (χ1) is 9.51. The lowest BCUT2D eigenvalue weighted by Gasteiger charge is -2.32. The molecule has 1 amide bonds. The summed E-state index contributed by atoms with van der Waals surface area (Å²) < 4.78 is 7.48. The number of amides is 1. The molecule has 0 unspecified atom stereocenters. The molecule has 0 aliphatic carbocycles. The molecule has 0 atom stereocenters. The third-order valence-corrected chi connectivity index (χ3v) is 3.88. The highest BCUT2D eigenvalue weighted by Crippen LogP contribution is 2.19. The van der Waals surface area contributed by atoms with Crippen molar-refractivity contribution in [1.82, 2.24) is 9.47 Å². The average molecular weight is 278 g/mol. The van der Waals surface area contributed by atoms with E-state index in [1.54, 1.807) is 11.6 Å². The third-order valence-electron chi connectivity index (χ3n) is 3.88. The molecule has 1 saturated heterocycles. The van der Waals surface area contributed by atoms with Crippen LogP contribution in [-0.4, -0.2) is 34.6 Å². The molecule has 0 spiro atoms. The van der Waals surface area contributed by atoms with E-state index in [1.165, 1.54) is 6.07 Å². The Morgan fingerprint density at radius 2 is 2.00 bits per heavy atom. The first kappa shape index (κ1) is 14.6. The molecule has 5 heteroatoms. The second kappa shape index (κ2) is 6.11. The predicted molar refractivity (Wildman–Crippen MR) is 76.9 cm³/mol. The zero-order chi connectivity index (χ0) is 14.7. The van der Waals surface area contributed by atoms with E-state index in [4.69, 9.17) is 4.74 Å². The van der Waals surface area contributed by atoms with Gasteiger partial charge >= 0.3 is 0 Å². The van der Waals surface area contributed by atoms with Gasteiger partial charge in [0.2, 0.25) is 5.91 Å². The Kier molecular flexibility index (Phi) is 4.47. The second-order valence-electron chi connectivity index (χ2n) is 5.28. The SMILES string of the molecule is CCC(=O)N1CCC(Oc2cc(C)n(C)c(=O)c2)CC1. The molecular weight excluding hydrogens is 256 g/mol. The summed E-state index contributed by atoms with van der Waals surface area (Å²) in [4.78, 5) is 25.2. The summed E-state index contributed by atoms with van der Waals surface area (Å²) in [6.45, 7) is 5.24. The molecule has 2 heterocycles. The van der Waals surface area contributed by atoms with Gasteiger partial charge in [-0.2, -0.15) is 0 Å². The van der Waals surface area contributed by atoms with Crippen molar-refractivity contribution in [1.29, 1.82) is 0 Å². The molecular formula is C15H22N2O3. The van der Waals surface area contributed by atoms with Crippen molar-refractivity contribution in [2.75, 3.05) is 13.1 Å². The van der Waals surface area contributed by atoms with Crippen molar-refractivity contribution in [3.63, 3.8) is 0 Å². The highest BCUT2D eigenvalue weighted by Gasteiger charge is 2.23. The largest absolute Gasteiger partial charge is 0.490 e. The van der Waals surface area contributed by atoms with E-state index in [-0.39, 0.29) is 17.6 Å². The van der Waals surface area contributed by atoms with Crippen LogP contribution in [0, 0.1) is 6.92 Å². The topological polar surface area (TPSA) is 51.5 Å². The van der Waals surface area contributed by atoms with Crippen LogP contribution in [0.15, 0.2) is 16.9 Å². The van der Waals surface area contributed by atoms with Crippen LogP contribution in [0.4, 0.5) is 0 Å². The van der Waals surface area contributed by atoms with E-state index in [0.29, 0.717) is 12.2 Å². The number of aromatic nitrogens is 1. The predicted octanol–water partition coefficient (Wildman–Crippen LogP) is 1.47. The van der Waals surface area contributed by atoms with E-state index in [0.717, 1.165) is 31.6 Å². The highest BCUT2D eigenvalue weighted by molar-refractivity contribution is 5.75. The summed E-state index contributed by atoms with van der Waals surface area (Å²) in [6.07, 6.45) is 2.28. The van der Waals surface area contributed by atoms with Gasteiger partial charge in [-0.15, -0.1) is 0 Å². The molecule has 0 aromatic carbocycles. The normalized spacial score (nSPS) is 16.2. The summed E-state index contributed by atoms with van der Waals surface area (Å²) >= 11 is 0. The Morgan fingerprint density at radius 3 is 2.55 bits per heavy atom. The molecule has 0 N–H and O–H groups in total. The Bertz CT molecular complexity index is 543. The molecule has 1 aliphatic rings. The summed E-state index contributed by atoms with van der Waals surface area (Å²) in [5, 5.41) is 0. The number of hydrogen-bond donors (Lipinski definition) is 0. The van der Waals surface area contributed by atoms with Crippen LogP contribution in [0.2, 0.25) is 0 Å². The Morgan fingerprint density at radius 1 is 1.35 bits per heavy atom. The van der Waals surface area contributed by atoms with Gasteiger partial charge in [-0.05, 0) is 13.0 Å². The van der Waals surface area contributed by atoms with Gasteiger partial charge in [-0.1, -0.05) is 6.92 Å². The zero-order valence-electron chi connectivity index (χ0n) is 12.4. The summed E-state index contributed by atoms with van der Waals surface area (Å²) in [7, 11) is 1.75. The maximum Gasteiger partial charge on any atom is 0.254 e. The lowest BCUT2D eigenvalue weighted by molar-refractivity contribution is -0.132. The van der Waals surface area contributed by atoms with Crippen molar-refractivity contribution >= 4 is 5.91 Å². The van der Waals surface area contributed by atoms with Crippen molar-refractivity contribution in [3.05, 3.63) is 28.2 Å². The summed E-state index contributed by atoms with van der Waals surface area (Å²) in [5.74, 6) is 0.832. The average Bonchev–Trinajstić information content (AvgIpc) is 2.44. The van der Waals surface area contributed by atoms with Crippen LogP contribution in [-0.2, 0) is 11.8 Å². The number of aryl methyl sites for hydroxylation is 1. The number of carbonyl (C=O) groups is 1. The maximum atomic E-state index is 11.7.